The Labute approximate surface area is 161 Å². The van der Waals surface area contributed by atoms with Gasteiger partial charge >= 0.3 is 0 Å². The number of hydrogen-bond donors (Lipinski definition) is 0. The average Bonchev–Trinajstić information content (AvgIpc) is 3.16. The molecule has 0 aliphatic carbocycles. The maximum Gasteiger partial charge on any atom is 0.253 e. The molecule has 1 aliphatic rings. The minimum atomic E-state index is 0.0908. The molecule has 27 heavy (non-hydrogen) atoms. The van der Waals surface area contributed by atoms with Crippen LogP contribution in [0.15, 0.2) is 36.7 Å². The first kappa shape index (κ1) is 19.4. The van der Waals surface area contributed by atoms with Crippen LogP contribution in [0, 0.1) is 0 Å². The SMILES string of the molecule is COc1ccc(C(=O)N2CCC[C@H](c3nccn3CCCN(C)C)C2)cc1. The highest BCUT2D eigenvalue weighted by molar-refractivity contribution is 5.94. The zero-order valence-corrected chi connectivity index (χ0v) is 16.6. The van der Waals surface area contributed by atoms with E-state index < -0.39 is 0 Å². The molecule has 0 unspecified atom stereocenters. The highest BCUT2D eigenvalue weighted by atomic mass is 16.5. The number of amides is 1. The van der Waals surface area contributed by atoms with Gasteiger partial charge in [-0.3, -0.25) is 4.79 Å². The summed E-state index contributed by atoms with van der Waals surface area (Å²) in [4.78, 5) is 21.7. The van der Waals surface area contributed by atoms with Crippen molar-refractivity contribution in [2.24, 2.45) is 0 Å². The van der Waals surface area contributed by atoms with Gasteiger partial charge in [-0.1, -0.05) is 0 Å². The third-order valence-corrected chi connectivity index (χ3v) is 5.16. The first-order valence-electron chi connectivity index (χ1n) is 9.67. The number of carbonyl (C=O) groups excluding carboxylic acids is 1. The molecule has 146 valence electrons. The van der Waals surface area contributed by atoms with Crippen molar-refractivity contribution >= 4 is 5.91 Å². The van der Waals surface area contributed by atoms with Crippen molar-refractivity contribution in [2.75, 3.05) is 40.8 Å². The van der Waals surface area contributed by atoms with Gasteiger partial charge in [-0.15, -0.1) is 0 Å². The number of methoxy groups -OCH3 is 1. The van der Waals surface area contributed by atoms with E-state index >= 15 is 0 Å². The molecule has 2 aromatic rings. The minimum Gasteiger partial charge on any atom is -0.497 e. The van der Waals surface area contributed by atoms with Crippen LogP contribution in [0.3, 0.4) is 0 Å². The number of imidazole rings is 1. The van der Waals surface area contributed by atoms with Crippen molar-refractivity contribution in [3.05, 3.63) is 48.0 Å². The zero-order chi connectivity index (χ0) is 19.2. The Kier molecular flexibility index (Phi) is 6.50. The van der Waals surface area contributed by atoms with Crippen molar-refractivity contribution in [1.82, 2.24) is 19.4 Å². The third-order valence-electron chi connectivity index (χ3n) is 5.16. The molecule has 1 aromatic carbocycles. The second-order valence-corrected chi connectivity index (χ2v) is 7.45. The topological polar surface area (TPSA) is 50.6 Å². The Balaban J connectivity index is 1.65. The molecule has 1 saturated heterocycles. The summed E-state index contributed by atoms with van der Waals surface area (Å²) in [6.07, 6.45) is 7.14. The Morgan fingerprint density at radius 1 is 1.30 bits per heavy atom. The molecule has 0 bridgehead atoms. The Morgan fingerprint density at radius 2 is 2.07 bits per heavy atom. The van der Waals surface area contributed by atoms with E-state index in [0.717, 1.165) is 57.0 Å². The highest BCUT2D eigenvalue weighted by Gasteiger charge is 2.28. The van der Waals surface area contributed by atoms with Crippen molar-refractivity contribution in [3.63, 3.8) is 0 Å². The predicted octanol–water partition coefficient (Wildman–Crippen LogP) is 2.86. The first-order valence-corrected chi connectivity index (χ1v) is 9.67. The summed E-state index contributed by atoms with van der Waals surface area (Å²) in [7, 11) is 5.82. The van der Waals surface area contributed by atoms with Crippen LogP contribution < -0.4 is 4.74 Å². The van der Waals surface area contributed by atoms with Crippen molar-refractivity contribution < 1.29 is 9.53 Å². The summed E-state index contributed by atoms with van der Waals surface area (Å²) in [5, 5.41) is 0. The number of aromatic nitrogens is 2. The van der Waals surface area contributed by atoms with E-state index in [2.05, 4.69) is 34.7 Å². The van der Waals surface area contributed by atoms with E-state index in [4.69, 9.17) is 4.74 Å². The average molecular weight is 370 g/mol. The zero-order valence-electron chi connectivity index (χ0n) is 16.6. The number of ether oxygens (including phenoxy) is 1. The van der Waals surface area contributed by atoms with Gasteiger partial charge in [-0.25, -0.2) is 4.98 Å². The number of aryl methyl sites for hydroxylation is 1. The van der Waals surface area contributed by atoms with Gasteiger partial charge in [-0.05, 0) is 64.2 Å². The lowest BCUT2D eigenvalue weighted by Gasteiger charge is -2.33. The maximum atomic E-state index is 12.9. The fourth-order valence-electron chi connectivity index (χ4n) is 3.72. The van der Waals surface area contributed by atoms with Crippen LogP contribution in [-0.2, 0) is 6.54 Å². The second kappa shape index (κ2) is 9.04. The molecule has 6 nitrogen and oxygen atoms in total. The molecule has 1 atom stereocenters. The normalized spacial score (nSPS) is 17.3. The molecule has 3 rings (SSSR count). The molecule has 0 saturated carbocycles. The molecule has 1 aliphatic heterocycles. The van der Waals surface area contributed by atoms with Gasteiger partial charge in [-0.2, -0.15) is 0 Å². The Morgan fingerprint density at radius 3 is 2.78 bits per heavy atom. The number of nitrogens with zero attached hydrogens (tertiary/aromatic N) is 4. The molecule has 2 heterocycles. The molecular weight excluding hydrogens is 340 g/mol. The second-order valence-electron chi connectivity index (χ2n) is 7.45. The lowest BCUT2D eigenvalue weighted by Crippen LogP contribution is -2.39. The van der Waals surface area contributed by atoms with Gasteiger partial charge in [0.1, 0.15) is 11.6 Å². The van der Waals surface area contributed by atoms with E-state index in [1.165, 1.54) is 0 Å². The van der Waals surface area contributed by atoms with Gasteiger partial charge in [0.2, 0.25) is 0 Å². The fraction of sp³-hybridized carbons (Fsp3) is 0.524. The summed E-state index contributed by atoms with van der Waals surface area (Å²) < 4.78 is 7.44. The van der Waals surface area contributed by atoms with Gasteiger partial charge < -0.3 is 19.1 Å². The molecule has 0 radical (unpaired) electrons. The van der Waals surface area contributed by atoms with Crippen molar-refractivity contribution in [1.29, 1.82) is 0 Å². The molecule has 0 spiro atoms. The van der Waals surface area contributed by atoms with Crippen LogP contribution in [0.2, 0.25) is 0 Å². The summed E-state index contributed by atoms with van der Waals surface area (Å²) in [6, 6.07) is 7.36. The van der Waals surface area contributed by atoms with Crippen LogP contribution in [0.5, 0.6) is 5.75 Å². The van der Waals surface area contributed by atoms with Crippen molar-refractivity contribution in [3.8, 4) is 5.75 Å². The predicted molar refractivity (Wildman–Crippen MR) is 106 cm³/mol. The summed E-state index contributed by atoms with van der Waals surface area (Å²) in [5.41, 5.74) is 0.714. The lowest BCUT2D eigenvalue weighted by molar-refractivity contribution is 0.0703. The Bertz CT molecular complexity index is 739. The summed E-state index contributed by atoms with van der Waals surface area (Å²) in [6.45, 7) is 3.57. The van der Waals surface area contributed by atoms with E-state index in [1.807, 2.05) is 35.4 Å². The lowest BCUT2D eigenvalue weighted by atomic mass is 9.96. The Hall–Kier alpha value is -2.34. The largest absolute Gasteiger partial charge is 0.497 e. The van der Waals surface area contributed by atoms with E-state index in [0.29, 0.717) is 11.5 Å². The van der Waals surface area contributed by atoms with Crippen LogP contribution in [0.25, 0.3) is 0 Å². The van der Waals surface area contributed by atoms with Gasteiger partial charge in [0, 0.05) is 43.5 Å². The highest BCUT2D eigenvalue weighted by Crippen LogP contribution is 2.27. The van der Waals surface area contributed by atoms with Crippen LogP contribution in [-0.4, -0.2) is 66.1 Å². The third kappa shape index (κ3) is 4.89. The summed E-state index contributed by atoms with van der Waals surface area (Å²) in [5.74, 6) is 2.27. The maximum absolute atomic E-state index is 12.9. The number of piperidine rings is 1. The van der Waals surface area contributed by atoms with Gasteiger partial charge in [0.05, 0.1) is 7.11 Å². The molecule has 0 N–H and O–H groups in total. The summed E-state index contributed by atoms with van der Waals surface area (Å²) >= 11 is 0. The molecule has 1 fully saturated rings. The molecular formula is C21H30N4O2. The first-order chi connectivity index (χ1) is 13.1. The number of benzene rings is 1. The van der Waals surface area contributed by atoms with Crippen molar-refractivity contribution in [2.45, 2.75) is 31.7 Å². The number of rotatable bonds is 7. The molecule has 6 heteroatoms. The fourth-order valence-corrected chi connectivity index (χ4v) is 3.72. The number of hydrogen-bond acceptors (Lipinski definition) is 4. The van der Waals surface area contributed by atoms with Gasteiger partial charge in [0.15, 0.2) is 0 Å². The minimum absolute atomic E-state index is 0.0908. The van der Waals surface area contributed by atoms with Gasteiger partial charge in [0.25, 0.3) is 5.91 Å². The standard InChI is InChI=1S/C21H30N4O2/c1-23(2)12-5-14-24-15-11-22-20(24)18-6-4-13-25(16-18)21(26)17-7-9-19(27-3)10-8-17/h7-11,15,18H,4-6,12-14,16H2,1-3H3/t18-/m0/s1. The van der Waals surface area contributed by atoms with E-state index in [9.17, 15) is 4.79 Å². The smallest absolute Gasteiger partial charge is 0.253 e. The van der Waals surface area contributed by atoms with E-state index in [1.54, 1.807) is 7.11 Å². The molecule has 1 aromatic heterocycles. The van der Waals surface area contributed by atoms with Crippen LogP contribution >= 0.6 is 0 Å². The number of carbonyl (C=O) groups is 1. The number of likely N-dealkylation sites (tertiary alicyclic amines) is 1. The van der Waals surface area contributed by atoms with E-state index in [-0.39, 0.29) is 5.91 Å². The van der Waals surface area contributed by atoms with Crippen LogP contribution in [0.4, 0.5) is 0 Å². The molecule has 1 amide bonds. The monoisotopic (exact) mass is 370 g/mol. The quantitative estimate of drug-likeness (QED) is 0.752. The van der Waals surface area contributed by atoms with Crippen LogP contribution in [0.1, 0.15) is 41.4 Å².